The van der Waals surface area contributed by atoms with E-state index >= 15 is 0 Å². The van der Waals surface area contributed by atoms with Gasteiger partial charge < -0.3 is 4.90 Å². The normalized spacial score (nSPS) is 13.7. The van der Waals surface area contributed by atoms with Crippen molar-refractivity contribution in [3.8, 4) is 0 Å². The number of aryl methyl sites for hydroxylation is 1. The van der Waals surface area contributed by atoms with Gasteiger partial charge in [0.05, 0.1) is 24.5 Å². The SMILES string of the molecule is CCc1n[nH]c2c1CN(C(=O)c1ccccc1)C2. The van der Waals surface area contributed by atoms with Gasteiger partial charge in [0.15, 0.2) is 0 Å². The van der Waals surface area contributed by atoms with Crippen molar-refractivity contribution >= 4 is 5.91 Å². The van der Waals surface area contributed by atoms with Crippen LogP contribution >= 0.6 is 0 Å². The van der Waals surface area contributed by atoms with Crippen LogP contribution in [0.15, 0.2) is 30.3 Å². The molecule has 1 N–H and O–H groups in total. The molecule has 92 valence electrons. The van der Waals surface area contributed by atoms with E-state index in [0.717, 1.165) is 23.4 Å². The van der Waals surface area contributed by atoms with Gasteiger partial charge in [-0.1, -0.05) is 25.1 Å². The summed E-state index contributed by atoms with van der Waals surface area (Å²) in [7, 11) is 0. The van der Waals surface area contributed by atoms with E-state index in [1.54, 1.807) is 0 Å². The summed E-state index contributed by atoms with van der Waals surface area (Å²) in [6.07, 6.45) is 0.902. The Kier molecular flexibility index (Phi) is 2.63. The number of hydrogen-bond acceptors (Lipinski definition) is 2. The second-order valence-electron chi connectivity index (χ2n) is 4.51. The lowest BCUT2D eigenvalue weighted by Crippen LogP contribution is -2.25. The van der Waals surface area contributed by atoms with Crippen LogP contribution in [0.1, 0.15) is 34.2 Å². The van der Waals surface area contributed by atoms with Gasteiger partial charge in [-0.2, -0.15) is 5.10 Å². The Hall–Kier alpha value is -2.10. The molecule has 1 aromatic heterocycles. The maximum Gasteiger partial charge on any atom is 0.254 e. The first-order chi connectivity index (χ1) is 8.79. The minimum Gasteiger partial charge on any atom is -0.328 e. The van der Waals surface area contributed by atoms with Crippen molar-refractivity contribution in [1.29, 1.82) is 0 Å². The number of rotatable bonds is 2. The number of nitrogens with zero attached hydrogens (tertiary/aromatic N) is 2. The number of aromatic nitrogens is 2. The van der Waals surface area contributed by atoms with Gasteiger partial charge in [0.2, 0.25) is 0 Å². The Morgan fingerprint density at radius 3 is 2.83 bits per heavy atom. The number of carbonyl (C=O) groups excluding carboxylic acids is 1. The largest absolute Gasteiger partial charge is 0.328 e. The molecule has 0 bridgehead atoms. The highest BCUT2D eigenvalue weighted by molar-refractivity contribution is 5.94. The van der Waals surface area contributed by atoms with Crippen LogP contribution in [-0.4, -0.2) is 21.0 Å². The van der Waals surface area contributed by atoms with Gasteiger partial charge in [0.25, 0.3) is 5.91 Å². The van der Waals surface area contributed by atoms with E-state index in [-0.39, 0.29) is 5.91 Å². The Balaban J connectivity index is 1.82. The molecule has 0 saturated heterocycles. The summed E-state index contributed by atoms with van der Waals surface area (Å²) in [6, 6.07) is 9.41. The Bertz CT molecular complexity index is 574. The van der Waals surface area contributed by atoms with Crippen molar-refractivity contribution in [2.45, 2.75) is 26.4 Å². The number of aromatic amines is 1. The second-order valence-corrected chi connectivity index (χ2v) is 4.51. The van der Waals surface area contributed by atoms with Gasteiger partial charge in [-0.15, -0.1) is 0 Å². The summed E-state index contributed by atoms with van der Waals surface area (Å²) in [5.74, 6) is 0.0854. The molecule has 4 nitrogen and oxygen atoms in total. The molecule has 0 atom stereocenters. The molecule has 18 heavy (non-hydrogen) atoms. The van der Waals surface area contributed by atoms with Gasteiger partial charge in [0.1, 0.15) is 0 Å². The lowest BCUT2D eigenvalue weighted by molar-refractivity contribution is 0.0749. The van der Waals surface area contributed by atoms with Gasteiger partial charge in [-0.3, -0.25) is 9.89 Å². The minimum atomic E-state index is 0.0854. The second kappa shape index (κ2) is 4.29. The first-order valence-corrected chi connectivity index (χ1v) is 6.19. The number of hydrogen-bond donors (Lipinski definition) is 1. The summed E-state index contributed by atoms with van der Waals surface area (Å²) < 4.78 is 0. The van der Waals surface area contributed by atoms with E-state index in [1.807, 2.05) is 35.2 Å². The van der Waals surface area contributed by atoms with E-state index in [4.69, 9.17) is 0 Å². The summed E-state index contributed by atoms with van der Waals surface area (Å²) in [5.41, 5.74) is 4.10. The number of carbonyl (C=O) groups is 1. The van der Waals surface area contributed by atoms with E-state index < -0.39 is 0 Å². The lowest BCUT2D eigenvalue weighted by Gasteiger charge is -2.15. The van der Waals surface area contributed by atoms with E-state index in [2.05, 4.69) is 17.1 Å². The molecule has 0 spiro atoms. The molecular formula is C14H15N3O. The van der Waals surface area contributed by atoms with E-state index in [9.17, 15) is 4.79 Å². The summed E-state index contributed by atoms with van der Waals surface area (Å²) in [6.45, 7) is 3.39. The fourth-order valence-corrected chi connectivity index (χ4v) is 2.40. The molecule has 0 fully saturated rings. The Morgan fingerprint density at radius 2 is 2.11 bits per heavy atom. The van der Waals surface area contributed by atoms with Crippen molar-refractivity contribution < 1.29 is 4.79 Å². The smallest absolute Gasteiger partial charge is 0.254 e. The van der Waals surface area contributed by atoms with Gasteiger partial charge in [-0.25, -0.2) is 0 Å². The zero-order valence-corrected chi connectivity index (χ0v) is 10.3. The van der Waals surface area contributed by atoms with Crippen LogP contribution < -0.4 is 0 Å². The fraction of sp³-hybridized carbons (Fsp3) is 0.286. The van der Waals surface area contributed by atoms with Gasteiger partial charge in [-0.05, 0) is 18.6 Å². The average Bonchev–Trinajstić information content (AvgIpc) is 2.98. The molecule has 3 rings (SSSR count). The quantitative estimate of drug-likeness (QED) is 0.875. The Morgan fingerprint density at radius 1 is 1.33 bits per heavy atom. The molecule has 1 aromatic carbocycles. The first kappa shape index (κ1) is 11.0. The third-order valence-corrected chi connectivity index (χ3v) is 3.38. The molecule has 0 unspecified atom stereocenters. The standard InChI is InChI=1S/C14H15N3O/c1-2-12-11-8-17(9-13(11)16-15-12)14(18)10-6-4-3-5-7-10/h3-7H,2,8-9H2,1H3,(H,15,16). The van der Waals surface area contributed by atoms with Crippen LogP contribution in [0.3, 0.4) is 0 Å². The number of nitrogens with one attached hydrogen (secondary N) is 1. The minimum absolute atomic E-state index is 0.0854. The number of amides is 1. The van der Waals surface area contributed by atoms with Crippen molar-refractivity contribution in [2.75, 3.05) is 0 Å². The highest BCUT2D eigenvalue weighted by atomic mass is 16.2. The van der Waals surface area contributed by atoms with Crippen LogP contribution in [0, 0.1) is 0 Å². The zero-order chi connectivity index (χ0) is 12.5. The molecule has 0 aliphatic carbocycles. The third kappa shape index (κ3) is 1.70. The molecule has 2 heterocycles. The number of fused-ring (bicyclic) bond motifs is 1. The molecular weight excluding hydrogens is 226 g/mol. The predicted molar refractivity (Wildman–Crippen MR) is 68.0 cm³/mol. The molecule has 1 aliphatic heterocycles. The molecule has 4 heteroatoms. The number of H-pyrrole nitrogens is 1. The number of benzene rings is 1. The van der Waals surface area contributed by atoms with Gasteiger partial charge in [0, 0.05) is 11.1 Å². The van der Waals surface area contributed by atoms with Crippen LogP contribution in [0.2, 0.25) is 0 Å². The summed E-state index contributed by atoms with van der Waals surface area (Å²) in [5, 5.41) is 7.29. The van der Waals surface area contributed by atoms with Crippen molar-refractivity contribution in [3.05, 3.63) is 52.8 Å². The van der Waals surface area contributed by atoms with Crippen LogP contribution in [0.5, 0.6) is 0 Å². The lowest BCUT2D eigenvalue weighted by atomic mass is 10.2. The third-order valence-electron chi connectivity index (χ3n) is 3.38. The molecule has 2 aromatic rings. The molecule has 1 amide bonds. The zero-order valence-electron chi connectivity index (χ0n) is 10.3. The summed E-state index contributed by atoms with van der Waals surface area (Å²) >= 11 is 0. The fourth-order valence-electron chi connectivity index (χ4n) is 2.40. The molecule has 1 aliphatic rings. The van der Waals surface area contributed by atoms with Crippen molar-refractivity contribution in [1.82, 2.24) is 15.1 Å². The van der Waals surface area contributed by atoms with Crippen molar-refractivity contribution in [2.24, 2.45) is 0 Å². The molecule has 0 radical (unpaired) electrons. The predicted octanol–water partition coefficient (Wildman–Crippen LogP) is 2.13. The first-order valence-electron chi connectivity index (χ1n) is 6.19. The maximum absolute atomic E-state index is 12.3. The monoisotopic (exact) mass is 241 g/mol. The average molecular weight is 241 g/mol. The maximum atomic E-state index is 12.3. The van der Waals surface area contributed by atoms with Crippen LogP contribution in [0.25, 0.3) is 0 Å². The topological polar surface area (TPSA) is 49.0 Å². The highest BCUT2D eigenvalue weighted by Crippen LogP contribution is 2.25. The van der Waals surface area contributed by atoms with Crippen LogP contribution in [-0.2, 0) is 19.5 Å². The summed E-state index contributed by atoms with van der Waals surface area (Å²) in [4.78, 5) is 14.2. The van der Waals surface area contributed by atoms with Crippen molar-refractivity contribution in [3.63, 3.8) is 0 Å². The van der Waals surface area contributed by atoms with E-state index in [1.165, 1.54) is 5.56 Å². The molecule has 0 saturated carbocycles. The van der Waals surface area contributed by atoms with Crippen LogP contribution in [0.4, 0.5) is 0 Å². The Labute approximate surface area is 106 Å². The highest BCUT2D eigenvalue weighted by Gasteiger charge is 2.27. The van der Waals surface area contributed by atoms with Gasteiger partial charge >= 0.3 is 0 Å². The van der Waals surface area contributed by atoms with E-state index in [0.29, 0.717) is 13.1 Å².